The zero-order valence-electron chi connectivity index (χ0n) is 7.80. The van der Waals surface area contributed by atoms with Crippen molar-refractivity contribution in [3.8, 4) is 0 Å². The zero-order chi connectivity index (χ0) is 10.7. The van der Waals surface area contributed by atoms with Crippen LogP contribution in [0.15, 0.2) is 36.5 Å². The first-order valence-corrected chi connectivity index (χ1v) is 6.83. The molecule has 15 heavy (non-hydrogen) atoms. The monoisotopic (exact) mass is 349 g/mol. The van der Waals surface area contributed by atoms with Crippen molar-refractivity contribution >= 4 is 43.2 Å². The molecule has 0 spiro atoms. The Kier molecular flexibility index (Phi) is 4.02. The number of nitrogens with one attached hydrogen (secondary N) is 1. The highest BCUT2D eigenvalue weighted by atomic mass is 79.9. The Bertz CT molecular complexity index is 425. The van der Waals surface area contributed by atoms with Gasteiger partial charge in [-0.05, 0) is 55.6 Å². The van der Waals surface area contributed by atoms with E-state index < -0.39 is 0 Å². The Labute approximate surface area is 109 Å². The lowest BCUT2D eigenvalue weighted by Crippen LogP contribution is -2.11. The van der Waals surface area contributed by atoms with Crippen molar-refractivity contribution < 1.29 is 4.42 Å². The predicted octanol–water partition coefficient (Wildman–Crippen LogP) is 4.16. The fourth-order valence-electron chi connectivity index (χ4n) is 1.23. The summed E-state index contributed by atoms with van der Waals surface area (Å²) in [7, 11) is 0. The van der Waals surface area contributed by atoms with E-state index in [0.29, 0.717) is 0 Å². The van der Waals surface area contributed by atoms with Crippen LogP contribution in [0.1, 0.15) is 11.3 Å². The van der Waals surface area contributed by atoms with Crippen LogP contribution < -0.4 is 5.32 Å². The van der Waals surface area contributed by atoms with Crippen LogP contribution in [-0.4, -0.2) is 0 Å². The summed E-state index contributed by atoms with van der Waals surface area (Å²) in [6, 6.07) is 5.98. The summed E-state index contributed by atoms with van der Waals surface area (Å²) in [6.45, 7) is 1.59. The van der Waals surface area contributed by atoms with Crippen LogP contribution >= 0.6 is 43.2 Å². The summed E-state index contributed by atoms with van der Waals surface area (Å²) in [4.78, 5) is 0. The standard InChI is InChI=1S/C10H9Br2NOS/c11-9-4-7(10(12)15-9)5-13-6-8-2-1-3-14-8/h1-4,13H,5-6H2. The summed E-state index contributed by atoms with van der Waals surface area (Å²) in [5.41, 5.74) is 1.26. The molecule has 80 valence electrons. The fourth-order valence-corrected chi connectivity index (χ4v) is 4.05. The van der Waals surface area contributed by atoms with Crippen LogP contribution in [0.4, 0.5) is 0 Å². The second-order valence-corrected chi connectivity index (χ2v) is 6.78. The van der Waals surface area contributed by atoms with E-state index in [4.69, 9.17) is 4.42 Å². The molecule has 0 radical (unpaired) electrons. The van der Waals surface area contributed by atoms with Crippen molar-refractivity contribution in [2.45, 2.75) is 13.1 Å². The summed E-state index contributed by atoms with van der Waals surface area (Å²) in [6.07, 6.45) is 1.69. The Morgan fingerprint density at radius 2 is 2.20 bits per heavy atom. The van der Waals surface area contributed by atoms with Crippen molar-refractivity contribution in [1.82, 2.24) is 5.32 Å². The minimum absolute atomic E-state index is 0.757. The smallest absolute Gasteiger partial charge is 0.117 e. The van der Waals surface area contributed by atoms with Gasteiger partial charge in [-0.15, -0.1) is 11.3 Å². The van der Waals surface area contributed by atoms with E-state index >= 15 is 0 Å². The van der Waals surface area contributed by atoms with Gasteiger partial charge in [0.2, 0.25) is 0 Å². The lowest BCUT2D eigenvalue weighted by molar-refractivity contribution is 0.483. The van der Waals surface area contributed by atoms with Gasteiger partial charge in [0.25, 0.3) is 0 Å². The maximum atomic E-state index is 5.23. The quantitative estimate of drug-likeness (QED) is 0.895. The van der Waals surface area contributed by atoms with Gasteiger partial charge in [0.1, 0.15) is 5.76 Å². The van der Waals surface area contributed by atoms with E-state index in [-0.39, 0.29) is 0 Å². The number of halogens is 2. The number of furan rings is 1. The first kappa shape index (κ1) is 11.4. The molecule has 0 saturated carbocycles. The molecule has 0 aromatic carbocycles. The second-order valence-electron chi connectivity index (χ2n) is 3.03. The van der Waals surface area contributed by atoms with Gasteiger partial charge in [0.15, 0.2) is 0 Å². The molecular formula is C10H9Br2NOS. The Balaban J connectivity index is 1.86. The molecule has 0 aliphatic carbocycles. The molecule has 0 amide bonds. The topological polar surface area (TPSA) is 25.2 Å². The zero-order valence-corrected chi connectivity index (χ0v) is 11.8. The highest BCUT2D eigenvalue weighted by Crippen LogP contribution is 2.31. The summed E-state index contributed by atoms with van der Waals surface area (Å²) >= 11 is 8.66. The molecule has 0 saturated heterocycles. The third kappa shape index (κ3) is 3.17. The third-order valence-corrected chi connectivity index (χ3v) is 4.39. The summed E-state index contributed by atoms with van der Waals surface area (Å²) in [5, 5.41) is 3.32. The van der Waals surface area contributed by atoms with Crippen LogP contribution in [0.2, 0.25) is 0 Å². The molecule has 0 atom stereocenters. The van der Waals surface area contributed by atoms with Gasteiger partial charge in [-0.25, -0.2) is 0 Å². The van der Waals surface area contributed by atoms with E-state index in [1.165, 1.54) is 9.35 Å². The maximum absolute atomic E-state index is 5.23. The Morgan fingerprint density at radius 3 is 2.80 bits per heavy atom. The van der Waals surface area contributed by atoms with Gasteiger partial charge in [-0.3, -0.25) is 0 Å². The van der Waals surface area contributed by atoms with E-state index in [9.17, 15) is 0 Å². The molecule has 5 heteroatoms. The summed E-state index contributed by atoms with van der Waals surface area (Å²) in [5.74, 6) is 0.959. The fraction of sp³-hybridized carbons (Fsp3) is 0.200. The molecule has 0 unspecified atom stereocenters. The minimum Gasteiger partial charge on any atom is -0.468 e. The lowest BCUT2D eigenvalue weighted by atomic mass is 10.3. The van der Waals surface area contributed by atoms with Crippen molar-refractivity contribution in [3.63, 3.8) is 0 Å². The van der Waals surface area contributed by atoms with E-state index in [1.54, 1.807) is 17.6 Å². The minimum atomic E-state index is 0.757. The van der Waals surface area contributed by atoms with Crippen LogP contribution in [0.25, 0.3) is 0 Å². The van der Waals surface area contributed by atoms with Crippen LogP contribution in [0, 0.1) is 0 Å². The largest absolute Gasteiger partial charge is 0.468 e. The van der Waals surface area contributed by atoms with Crippen molar-refractivity contribution in [3.05, 3.63) is 43.4 Å². The van der Waals surface area contributed by atoms with Gasteiger partial charge in [0.05, 0.1) is 20.4 Å². The summed E-state index contributed by atoms with van der Waals surface area (Å²) < 4.78 is 7.54. The number of hydrogen-bond acceptors (Lipinski definition) is 3. The van der Waals surface area contributed by atoms with Crippen molar-refractivity contribution in [2.24, 2.45) is 0 Å². The van der Waals surface area contributed by atoms with Gasteiger partial charge >= 0.3 is 0 Å². The average Bonchev–Trinajstić information content (AvgIpc) is 2.77. The Morgan fingerprint density at radius 1 is 1.33 bits per heavy atom. The molecule has 0 bridgehead atoms. The van der Waals surface area contributed by atoms with E-state index in [2.05, 4.69) is 43.2 Å². The lowest BCUT2D eigenvalue weighted by Gasteiger charge is -2.00. The predicted molar refractivity (Wildman–Crippen MR) is 69.0 cm³/mol. The van der Waals surface area contributed by atoms with Crippen LogP contribution in [0.3, 0.4) is 0 Å². The highest BCUT2D eigenvalue weighted by molar-refractivity contribution is 9.12. The number of hydrogen-bond donors (Lipinski definition) is 1. The SMILES string of the molecule is Brc1cc(CNCc2ccco2)c(Br)s1. The van der Waals surface area contributed by atoms with Gasteiger partial charge in [-0.2, -0.15) is 0 Å². The number of thiophene rings is 1. The average molecular weight is 351 g/mol. The molecule has 2 heterocycles. The second kappa shape index (κ2) is 5.30. The molecule has 2 aromatic rings. The van der Waals surface area contributed by atoms with Gasteiger partial charge < -0.3 is 9.73 Å². The molecule has 0 aliphatic heterocycles. The van der Waals surface area contributed by atoms with E-state index in [0.717, 1.165) is 22.6 Å². The molecule has 2 nitrogen and oxygen atoms in total. The normalized spacial score (nSPS) is 10.8. The number of rotatable bonds is 4. The highest BCUT2D eigenvalue weighted by Gasteiger charge is 2.04. The van der Waals surface area contributed by atoms with Gasteiger partial charge in [-0.1, -0.05) is 0 Å². The molecule has 0 fully saturated rings. The first-order chi connectivity index (χ1) is 7.25. The van der Waals surface area contributed by atoms with Crippen LogP contribution in [-0.2, 0) is 13.1 Å². The third-order valence-electron chi connectivity index (χ3n) is 1.92. The van der Waals surface area contributed by atoms with Gasteiger partial charge in [0, 0.05) is 6.54 Å². The first-order valence-electron chi connectivity index (χ1n) is 4.42. The molecule has 0 aliphatic rings. The van der Waals surface area contributed by atoms with E-state index in [1.807, 2.05) is 12.1 Å². The Hall–Kier alpha value is -0.100. The van der Waals surface area contributed by atoms with Crippen molar-refractivity contribution in [2.75, 3.05) is 0 Å². The molecule has 1 N–H and O–H groups in total. The van der Waals surface area contributed by atoms with Crippen molar-refractivity contribution in [1.29, 1.82) is 0 Å². The maximum Gasteiger partial charge on any atom is 0.117 e. The molecule has 2 rings (SSSR count). The molecule has 2 aromatic heterocycles. The molecular weight excluding hydrogens is 342 g/mol. The van der Waals surface area contributed by atoms with Crippen LogP contribution in [0.5, 0.6) is 0 Å².